The van der Waals surface area contributed by atoms with Gasteiger partial charge in [0.2, 0.25) is 0 Å². The summed E-state index contributed by atoms with van der Waals surface area (Å²) >= 11 is 8.04. The van der Waals surface area contributed by atoms with Crippen LogP contribution in [-0.4, -0.2) is 21.7 Å². The van der Waals surface area contributed by atoms with Crippen molar-refractivity contribution in [2.24, 2.45) is 5.92 Å². The topological polar surface area (TPSA) is 50.7 Å². The van der Waals surface area contributed by atoms with Gasteiger partial charge in [-0.3, -0.25) is 0 Å². The molecule has 0 bridgehead atoms. The molecule has 23 heavy (non-hydrogen) atoms. The van der Waals surface area contributed by atoms with E-state index in [0.717, 1.165) is 54.9 Å². The van der Waals surface area contributed by atoms with Crippen molar-refractivity contribution < 1.29 is 0 Å². The second kappa shape index (κ2) is 6.38. The molecule has 3 aromatic heterocycles. The van der Waals surface area contributed by atoms with Crippen molar-refractivity contribution in [3.63, 3.8) is 0 Å². The van der Waals surface area contributed by atoms with Gasteiger partial charge in [-0.05, 0) is 38.2 Å². The molecular weight excluding hydrogens is 351 g/mol. The van der Waals surface area contributed by atoms with Gasteiger partial charge in [-0.15, -0.1) is 28.8 Å². The molecule has 0 aromatic carbocycles. The minimum absolute atomic E-state index is 0. The average Bonchev–Trinajstić information content (AvgIpc) is 2.82. The van der Waals surface area contributed by atoms with Crippen LogP contribution in [-0.2, 0) is 0 Å². The van der Waals surface area contributed by atoms with Crippen LogP contribution in [0.4, 0.5) is 5.82 Å². The Morgan fingerprint density at radius 3 is 2.83 bits per heavy atom. The molecule has 0 spiro atoms. The first kappa shape index (κ1) is 16.7. The molecule has 1 N–H and O–H groups in total. The summed E-state index contributed by atoms with van der Waals surface area (Å²) in [6.07, 6.45) is 5.81. The zero-order valence-corrected chi connectivity index (χ0v) is 15.4. The second-order valence-corrected chi connectivity index (χ2v) is 7.41. The zero-order valence-electron chi connectivity index (χ0n) is 13.0. The van der Waals surface area contributed by atoms with Gasteiger partial charge in [-0.2, -0.15) is 5.10 Å². The molecule has 0 atom stereocenters. The van der Waals surface area contributed by atoms with E-state index in [4.69, 9.17) is 11.6 Å². The Labute approximate surface area is 150 Å². The average molecular weight is 369 g/mol. The molecule has 0 aliphatic heterocycles. The highest BCUT2D eigenvalue weighted by molar-refractivity contribution is 7.26. The summed E-state index contributed by atoms with van der Waals surface area (Å²) in [5.41, 5.74) is 1.96. The number of fused-ring (bicyclic) bond motifs is 3. The van der Waals surface area contributed by atoms with Crippen LogP contribution in [0.5, 0.6) is 0 Å². The Morgan fingerprint density at radius 1 is 1.35 bits per heavy atom. The van der Waals surface area contributed by atoms with E-state index in [-0.39, 0.29) is 12.4 Å². The van der Waals surface area contributed by atoms with Crippen LogP contribution in [0.2, 0.25) is 5.02 Å². The third-order valence-electron chi connectivity index (χ3n) is 4.56. The Balaban J connectivity index is 0.00000156. The standard InChI is InChI=1S/C16H17ClN4S.ClH/c1-8-12-11-7-19-21-15(18-6-10-4-3-5-10)14(11)22-16(12)20-9(2)13(8)17;/h7,10H,3-6H2,1-2H3,(H,18,21);1H. The Kier molecular flexibility index (Phi) is 4.63. The largest absolute Gasteiger partial charge is 0.367 e. The van der Waals surface area contributed by atoms with E-state index in [2.05, 4.69) is 20.5 Å². The number of hydrogen-bond donors (Lipinski definition) is 1. The highest BCUT2D eigenvalue weighted by atomic mass is 35.5. The van der Waals surface area contributed by atoms with Gasteiger partial charge in [0, 0.05) is 17.3 Å². The van der Waals surface area contributed by atoms with E-state index >= 15 is 0 Å². The maximum absolute atomic E-state index is 6.37. The highest BCUT2D eigenvalue weighted by Crippen LogP contribution is 2.40. The fraction of sp³-hybridized carbons (Fsp3) is 0.438. The molecule has 0 saturated heterocycles. The Bertz CT molecular complexity index is 874. The molecule has 1 aliphatic carbocycles. The van der Waals surface area contributed by atoms with E-state index < -0.39 is 0 Å². The lowest BCUT2D eigenvalue weighted by Gasteiger charge is -2.25. The molecule has 0 radical (unpaired) electrons. The number of aryl methyl sites for hydroxylation is 2. The first-order chi connectivity index (χ1) is 10.6. The Morgan fingerprint density at radius 2 is 2.13 bits per heavy atom. The lowest BCUT2D eigenvalue weighted by molar-refractivity contribution is 0.333. The number of thiophene rings is 1. The quantitative estimate of drug-likeness (QED) is 0.694. The van der Waals surface area contributed by atoms with E-state index in [1.165, 1.54) is 19.3 Å². The molecule has 122 valence electrons. The van der Waals surface area contributed by atoms with E-state index in [1.54, 1.807) is 11.3 Å². The number of nitrogens with one attached hydrogen (secondary N) is 1. The molecule has 4 nitrogen and oxygen atoms in total. The van der Waals surface area contributed by atoms with Crippen LogP contribution in [0.1, 0.15) is 30.5 Å². The van der Waals surface area contributed by atoms with Crippen LogP contribution in [0.25, 0.3) is 20.3 Å². The van der Waals surface area contributed by atoms with Crippen LogP contribution < -0.4 is 5.32 Å². The van der Waals surface area contributed by atoms with E-state index in [1.807, 2.05) is 20.0 Å². The van der Waals surface area contributed by atoms with Gasteiger partial charge in [0.15, 0.2) is 5.82 Å². The minimum atomic E-state index is 0. The van der Waals surface area contributed by atoms with Gasteiger partial charge >= 0.3 is 0 Å². The molecule has 3 aromatic rings. The van der Waals surface area contributed by atoms with Crippen LogP contribution >= 0.6 is 35.3 Å². The third-order valence-corrected chi connectivity index (χ3v) is 6.22. The number of hydrogen-bond acceptors (Lipinski definition) is 5. The van der Waals surface area contributed by atoms with Crippen molar-refractivity contribution in [3.05, 3.63) is 22.5 Å². The number of aromatic nitrogens is 3. The zero-order chi connectivity index (χ0) is 15.3. The SMILES string of the molecule is Cc1nc2sc3c(NCC4CCC4)nncc3c2c(C)c1Cl.Cl. The van der Waals surface area contributed by atoms with E-state index in [0.29, 0.717) is 0 Å². The number of halogens is 2. The summed E-state index contributed by atoms with van der Waals surface area (Å²) in [5.74, 6) is 1.66. The van der Waals surface area contributed by atoms with Crippen molar-refractivity contribution in [2.75, 3.05) is 11.9 Å². The van der Waals surface area contributed by atoms with Crippen molar-refractivity contribution in [1.82, 2.24) is 15.2 Å². The molecule has 1 aliphatic rings. The van der Waals surface area contributed by atoms with Crippen molar-refractivity contribution in [1.29, 1.82) is 0 Å². The number of pyridine rings is 1. The van der Waals surface area contributed by atoms with Crippen LogP contribution in [0.15, 0.2) is 6.20 Å². The lowest BCUT2D eigenvalue weighted by atomic mass is 9.85. The summed E-state index contributed by atoms with van der Waals surface area (Å²) in [6.45, 7) is 4.98. The van der Waals surface area contributed by atoms with Crippen LogP contribution in [0, 0.1) is 19.8 Å². The molecule has 1 saturated carbocycles. The van der Waals surface area contributed by atoms with Gasteiger partial charge in [-0.25, -0.2) is 4.98 Å². The summed E-state index contributed by atoms with van der Waals surface area (Å²) < 4.78 is 1.13. The van der Waals surface area contributed by atoms with Crippen molar-refractivity contribution >= 4 is 61.5 Å². The number of rotatable bonds is 3. The maximum atomic E-state index is 6.37. The van der Waals surface area contributed by atoms with Crippen LogP contribution in [0.3, 0.4) is 0 Å². The van der Waals surface area contributed by atoms with Crippen molar-refractivity contribution in [3.8, 4) is 0 Å². The first-order valence-electron chi connectivity index (χ1n) is 7.59. The lowest BCUT2D eigenvalue weighted by Crippen LogP contribution is -2.21. The molecule has 4 rings (SSSR count). The van der Waals surface area contributed by atoms with Gasteiger partial charge in [0.25, 0.3) is 0 Å². The molecule has 1 fully saturated rings. The Hall–Kier alpha value is -1.17. The summed E-state index contributed by atoms with van der Waals surface area (Å²) in [4.78, 5) is 5.65. The summed E-state index contributed by atoms with van der Waals surface area (Å²) in [6, 6.07) is 0. The predicted octanol–water partition coefficient (Wildman–Crippen LogP) is 5.14. The fourth-order valence-corrected chi connectivity index (χ4v) is 4.35. The minimum Gasteiger partial charge on any atom is -0.367 e. The number of nitrogens with zero attached hydrogens (tertiary/aromatic N) is 3. The summed E-state index contributed by atoms with van der Waals surface area (Å²) in [5, 5.41) is 14.9. The van der Waals surface area contributed by atoms with Gasteiger partial charge < -0.3 is 5.32 Å². The first-order valence-corrected chi connectivity index (χ1v) is 8.79. The van der Waals surface area contributed by atoms with E-state index in [9.17, 15) is 0 Å². The second-order valence-electron chi connectivity index (χ2n) is 6.03. The molecular formula is C16H18Cl2N4S. The molecule has 7 heteroatoms. The third kappa shape index (κ3) is 2.75. The maximum Gasteiger partial charge on any atom is 0.166 e. The summed E-state index contributed by atoms with van der Waals surface area (Å²) in [7, 11) is 0. The molecule has 3 heterocycles. The normalized spacial score (nSPS) is 14.7. The smallest absolute Gasteiger partial charge is 0.166 e. The number of anilines is 1. The highest BCUT2D eigenvalue weighted by Gasteiger charge is 2.19. The molecule has 0 amide bonds. The van der Waals surface area contributed by atoms with Gasteiger partial charge in [0.05, 0.1) is 21.6 Å². The van der Waals surface area contributed by atoms with Gasteiger partial charge in [-0.1, -0.05) is 18.0 Å². The van der Waals surface area contributed by atoms with Crippen molar-refractivity contribution in [2.45, 2.75) is 33.1 Å². The monoisotopic (exact) mass is 368 g/mol. The predicted molar refractivity (Wildman–Crippen MR) is 100 cm³/mol. The molecule has 0 unspecified atom stereocenters. The van der Waals surface area contributed by atoms with Gasteiger partial charge in [0.1, 0.15) is 4.83 Å². The fourth-order valence-electron chi connectivity index (χ4n) is 3.00.